The highest BCUT2D eigenvalue weighted by molar-refractivity contribution is 5.94. The molecule has 4 rings (SSSR count). The maximum atomic E-state index is 14.6. The lowest BCUT2D eigenvalue weighted by Crippen LogP contribution is -2.36. The average Bonchev–Trinajstić information content (AvgIpc) is 3.28. The van der Waals surface area contributed by atoms with Crippen molar-refractivity contribution in [2.45, 2.75) is 26.3 Å². The number of nitrogens with one attached hydrogen (secondary N) is 1. The fourth-order valence-electron chi connectivity index (χ4n) is 3.66. The van der Waals surface area contributed by atoms with E-state index in [9.17, 15) is 9.18 Å². The third kappa shape index (κ3) is 2.58. The van der Waals surface area contributed by atoms with E-state index >= 15 is 0 Å². The molecule has 8 heteroatoms. The Kier molecular flexibility index (Phi) is 3.82. The molecule has 0 bridgehead atoms. The molecule has 0 saturated carbocycles. The van der Waals surface area contributed by atoms with Crippen molar-refractivity contribution in [3.8, 4) is 5.82 Å². The average molecular weight is 358 g/mol. The number of aryl methyl sites for hydroxylation is 2. The summed E-state index contributed by atoms with van der Waals surface area (Å²) in [5.41, 5.74) is 2.98. The normalized spacial score (nSPS) is 17.2. The third-order valence-corrected chi connectivity index (χ3v) is 4.87. The molecule has 0 radical (unpaired) electrons. The van der Waals surface area contributed by atoms with Gasteiger partial charge in [-0.2, -0.15) is 0 Å². The van der Waals surface area contributed by atoms with Gasteiger partial charge in [0.05, 0.1) is 11.7 Å². The molecule has 1 aliphatic heterocycles. The number of hydrogen-bond acceptors (Lipinski definition) is 4. The summed E-state index contributed by atoms with van der Waals surface area (Å²) >= 11 is 0. The largest absolute Gasteiger partial charge is 0.465 e. The van der Waals surface area contributed by atoms with E-state index in [0.717, 1.165) is 17.1 Å². The van der Waals surface area contributed by atoms with Gasteiger partial charge in [-0.15, -0.1) is 0 Å². The summed E-state index contributed by atoms with van der Waals surface area (Å²) in [5, 5.41) is 15.8. The zero-order valence-corrected chi connectivity index (χ0v) is 14.5. The van der Waals surface area contributed by atoms with Crippen LogP contribution in [0.1, 0.15) is 17.8 Å². The van der Waals surface area contributed by atoms with Crippen LogP contribution in [-0.2, 0) is 0 Å². The van der Waals surface area contributed by atoms with Crippen LogP contribution in [0, 0.1) is 19.7 Å². The lowest BCUT2D eigenvalue weighted by atomic mass is 10.2. The molecule has 0 spiro atoms. The lowest BCUT2D eigenvalue weighted by molar-refractivity contribution is 0.191. The summed E-state index contributed by atoms with van der Waals surface area (Å²) in [6.45, 7) is 5.02. The summed E-state index contributed by atoms with van der Waals surface area (Å²) in [4.78, 5) is 12.8. The number of nitrogens with zero attached hydrogens (tertiary/aromatic N) is 3. The first kappa shape index (κ1) is 16.4. The second kappa shape index (κ2) is 6.05. The van der Waals surface area contributed by atoms with Gasteiger partial charge in [-0.25, -0.2) is 9.18 Å². The maximum absolute atomic E-state index is 14.6. The van der Waals surface area contributed by atoms with Gasteiger partial charge < -0.3 is 19.8 Å². The minimum atomic E-state index is -1.04. The minimum absolute atomic E-state index is 0.163. The molecule has 2 aromatic heterocycles. The molecule has 3 heterocycles. The van der Waals surface area contributed by atoms with Gasteiger partial charge in [0.2, 0.25) is 0 Å². The summed E-state index contributed by atoms with van der Waals surface area (Å²) in [6, 6.07) is 6.79. The second-order valence-electron chi connectivity index (χ2n) is 6.61. The highest BCUT2D eigenvalue weighted by Gasteiger charge is 2.28. The number of carboxylic acid groups (broad SMARTS) is 1. The van der Waals surface area contributed by atoms with Crippen LogP contribution in [0.15, 0.2) is 28.8 Å². The Morgan fingerprint density at radius 1 is 1.31 bits per heavy atom. The van der Waals surface area contributed by atoms with Crippen LogP contribution in [0.5, 0.6) is 0 Å². The number of aromatic nitrogens is 2. The highest BCUT2D eigenvalue weighted by atomic mass is 19.1. The van der Waals surface area contributed by atoms with Gasteiger partial charge in [-0.05, 0) is 44.5 Å². The summed E-state index contributed by atoms with van der Waals surface area (Å²) in [5.74, 6) is 0.0330. The van der Waals surface area contributed by atoms with Crippen molar-refractivity contribution < 1.29 is 18.8 Å². The van der Waals surface area contributed by atoms with Gasteiger partial charge in [-0.3, -0.25) is 4.57 Å². The number of carbonyl (C=O) groups is 1. The first-order valence-electron chi connectivity index (χ1n) is 8.43. The van der Waals surface area contributed by atoms with Crippen LogP contribution in [0.3, 0.4) is 0 Å². The van der Waals surface area contributed by atoms with Crippen molar-refractivity contribution in [2.24, 2.45) is 0 Å². The number of anilines is 1. The fraction of sp³-hybridized carbons (Fsp3) is 0.333. The van der Waals surface area contributed by atoms with Crippen molar-refractivity contribution in [3.05, 3.63) is 41.5 Å². The summed E-state index contributed by atoms with van der Waals surface area (Å²) in [6.07, 6.45) is -0.358. The zero-order chi connectivity index (χ0) is 18.4. The maximum Gasteiger partial charge on any atom is 0.404 e. The molecule has 1 aliphatic rings. The second-order valence-corrected chi connectivity index (χ2v) is 6.61. The Labute approximate surface area is 149 Å². The molecular weight excluding hydrogens is 339 g/mol. The summed E-state index contributed by atoms with van der Waals surface area (Å²) in [7, 11) is 0. The Morgan fingerprint density at radius 2 is 2.04 bits per heavy atom. The van der Waals surface area contributed by atoms with E-state index in [0.29, 0.717) is 36.3 Å². The van der Waals surface area contributed by atoms with E-state index in [4.69, 9.17) is 9.63 Å². The molecule has 0 aliphatic carbocycles. The fourth-order valence-corrected chi connectivity index (χ4v) is 3.66. The topological polar surface area (TPSA) is 83.5 Å². The van der Waals surface area contributed by atoms with E-state index in [1.165, 1.54) is 6.07 Å². The van der Waals surface area contributed by atoms with Crippen molar-refractivity contribution >= 4 is 22.7 Å². The molecule has 7 nitrogen and oxygen atoms in total. The SMILES string of the molecule is Cc1ccc(C)n1-c1noc2c(N3CCC(NC(=O)O)C3)ccc(F)c12. The number of fused-ring (bicyclic) bond motifs is 1. The first-order chi connectivity index (χ1) is 12.5. The highest BCUT2D eigenvalue weighted by Crippen LogP contribution is 2.35. The molecule has 1 unspecified atom stereocenters. The standard InChI is InChI=1S/C18H19FN4O3/c1-10-3-4-11(2)23(10)17-15-13(19)5-6-14(16(15)26-21-17)22-8-7-12(9-22)20-18(24)25/h3-6,12,20H,7-9H2,1-2H3,(H,24,25). The smallest absolute Gasteiger partial charge is 0.404 e. The number of rotatable bonds is 3. The minimum Gasteiger partial charge on any atom is -0.465 e. The molecule has 1 saturated heterocycles. The monoisotopic (exact) mass is 358 g/mol. The summed E-state index contributed by atoms with van der Waals surface area (Å²) < 4.78 is 22.0. The Balaban J connectivity index is 1.77. The van der Waals surface area contributed by atoms with Crippen LogP contribution >= 0.6 is 0 Å². The van der Waals surface area contributed by atoms with Crippen LogP contribution in [0.25, 0.3) is 16.8 Å². The molecule has 26 heavy (non-hydrogen) atoms. The molecule has 1 atom stereocenters. The van der Waals surface area contributed by atoms with Gasteiger partial charge in [0.15, 0.2) is 11.4 Å². The zero-order valence-electron chi connectivity index (χ0n) is 14.5. The first-order valence-corrected chi connectivity index (χ1v) is 8.43. The van der Waals surface area contributed by atoms with Gasteiger partial charge >= 0.3 is 6.09 Å². The number of hydrogen-bond donors (Lipinski definition) is 2. The van der Waals surface area contributed by atoms with Gasteiger partial charge in [0, 0.05) is 24.5 Å². The van der Waals surface area contributed by atoms with E-state index in [-0.39, 0.29) is 6.04 Å². The molecular formula is C18H19FN4O3. The van der Waals surface area contributed by atoms with Crippen LogP contribution in [0.4, 0.5) is 14.9 Å². The number of amides is 1. The third-order valence-electron chi connectivity index (χ3n) is 4.87. The molecule has 136 valence electrons. The Bertz CT molecular complexity index is 974. The van der Waals surface area contributed by atoms with Crippen LogP contribution in [-0.4, -0.2) is 40.1 Å². The predicted octanol–water partition coefficient (Wildman–Crippen LogP) is 3.22. The van der Waals surface area contributed by atoms with Crippen molar-refractivity contribution in [1.82, 2.24) is 15.0 Å². The van der Waals surface area contributed by atoms with Crippen LogP contribution < -0.4 is 10.2 Å². The number of halogens is 1. The Hall–Kier alpha value is -3.03. The molecule has 1 amide bonds. The quantitative estimate of drug-likeness (QED) is 0.751. The van der Waals surface area contributed by atoms with Gasteiger partial charge in [0.1, 0.15) is 11.2 Å². The molecule has 2 N–H and O–H groups in total. The van der Waals surface area contributed by atoms with E-state index in [2.05, 4.69) is 10.5 Å². The van der Waals surface area contributed by atoms with Gasteiger partial charge in [-0.1, -0.05) is 5.16 Å². The van der Waals surface area contributed by atoms with E-state index in [1.807, 2.05) is 35.4 Å². The van der Waals surface area contributed by atoms with Gasteiger partial charge in [0.25, 0.3) is 0 Å². The molecule has 1 fully saturated rings. The van der Waals surface area contributed by atoms with Crippen LogP contribution in [0.2, 0.25) is 0 Å². The molecule has 1 aromatic carbocycles. The number of benzene rings is 1. The predicted molar refractivity (Wildman–Crippen MR) is 94.5 cm³/mol. The molecule has 3 aromatic rings. The van der Waals surface area contributed by atoms with Crippen molar-refractivity contribution in [3.63, 3.8) is 0 Å². The van der Waals surface area contributed by atoms with E-state index < -0.39 is 11.9 Å². The van der Waals surface area contributed by atoms with Crippen molar-refractivity contribution in [1.29, 1.82) is 0 Å². The van der Waals surface area contributed by atoms with Crippen molar-refractivity contribution in [2.75, 3.05) is 18.0 Å². The Morgan fingerprint density at radius 3 is 2.73 bits per heavy atom. The lowest BCUT2D eigenvalue weighted by Gasteiger charge is -2.18. The van der Waals surface area contributed by atoms with E-state index in [1.54, 1.807) is 6.07 Å².